The number of rotatable bonds is 7. The number of benzene rings is 1. The molecule has 0 aliphatic rings. The van der Waals surface area contributed by atoms with Crippen LogP contribution in [0.3, 0.4) is 0 Å². The third-order valence-electron chi connectivity index (χ3n) is 3.20. The molecular formula is C17H26S. The van der Waals surface area contributed by atoms with Crippen LogP contribution in [-0.4, -0.2) is 5.25 Å². The van der Waals surface area contributed by atoms with E-state index in [-0.39, 0.29) is 0 Å². The van der Waals surface area contributed by atoms with Crippen molar-refractivity contribution in [1.82, 2.24) is 0 Å². The molecule has 0 aliphatic heterocycles. The van der Waals surface area contributed by atoms with E-state index in [2.05, 4.69) is 57.2 Å². The maximum atomic E-state index is 4.73. The van der Waals surface area contributed by atoms with Gasteiger partial charge in [0.05, 0.1) is 0 Å². The van der Waals surface area contributed by atoms with Gasteiger partial charge >= 0.3 is 0 Å². The Morgan fingerprint density at radius 1 is 1.22 bits per heavy atom. The van der Waals surface area contributed by atoms with E-state index in [1.54, 1.807) is 0 Å². The summed E-state index contributed by atoms with van der Waals surface area (Å²) in [6.45, 7) is 6.68. The van der Waals surface area contributed by atoms with E-state index < -0.39 is 0 Å². The summed E-state index contributed by atoms with van der Waals surface area (Å²) in [5, 5.41) is 0.481. The molecule has 0 saturated carbocycles. The van der Waals surface area contributed by atoms with E-state index >= 15 is 0 Å². The number of hydrogen-bond donors (Lipinski definition) is 1. The van der Waals surface area contributed by atoms with Gasteiger partial charge in [-0.25, -0.2) is 0 Å². The highest BCUT2D eigenvalue weighted by Gasteiger charge is 2.09. The lowest BCUT2D eigenvalue weighted by Crippen LogP contribution is -2.09. The highest BCUT2D eigenvalue weighted by atomic mass is 32.1. The van der Waals surface area contributed by atoms with Crippen LogP contribution in [0, 0.1) is 5.92 Å². The average molecular weight is 262 g/mol. The summed E-state index contributed by atoms with van der Waals surface area (Å²) in [4.78, 5) is 0. The Bertz CT molecular complexity index is 349. The van der Waals surface area contributed by atoms with Gasteiger partial charge in [0.25, 0.3) is 0 Å². The largest absolute Gasteiger partial charge is 0.176 e. The Morgan fingerprint density at radius 3 is 2.50 bits per heavy atom. The normalized spacial score (nSPS) is 14.0. The molecule has 2 unspecified atom stereocenters. The zero-order valence-corrected chi connectivity index (χ0v) is 12.8. The number of allylic oxidation sites excluding steroid dienone is 2. The average Bonchev–Trinajstić information content (AvgIpc) is 2.29. The summed E-state index contributed by atoms with van der Waals surface area (Å²) in [5.74, 6) is 0.756. The second-order valence-corrected chi connectivity index (χ2v) is 6.27. The van der Waals surface area contributed by atoms with Crippen LogP contribution in [0.2, 0.25) is 0 Å². The van der Waals surface area contributed by atoms with Crippen molar-refractivity contribution in [3.05, 3.63) is 47.5 Å². The minimum atomic E-state index is 0.481. The molecular weight excluding hydrogens is 236 g/mol. The molecule has 1 aromatic rings. The van der Waals surface area contributed by atoms with Crippen LogP contribution >= 0.6 is 12.6 Å². The van der Waals surface area contributed by atoms with E-state index in [9.17, 15) is 0 Å². The smallest absolute Gasteiger partial charge is 0.00597 e. The predicted molar refractivity (Wildman–Crippen MR) is 85.4 cm³/mol. The van der Waals surface area contributed by atoms with E-state index in [4.69, 9.17) is 12.6 Å². The first-order valence-electron chi connectivity index (χ1n) is 6.93. The summed E-state index contributed by atoms with van der Waals surface area (Å²) in [5.41, 5.74) is 2.82. The van der Waals surface area contributed by atoms with Gasteiger partial charge in [0.1, 0.15) is 0 Å². The minimum Gasteiger partial charge on any atom is -0.176 e. The lowest BCUT2D eigenvalue weighted by Gasteiger charge is -2.16. The molecule has 2 atom stereocenters. The number of hydrogen-bond acceptors (Lipinski definition) is 1. The predicted octanol–water partition coefficient (Wildman–Crippen LogP) is 5.30. The summed E-state index contributed by atoms with van der Waals surface area (Å²) in [6, 6.07) is 10.7. The highest BCUT2D eigenvalue weighted by molar-refractivity contribution is 7.80. The molecule has 0 nitrogen and oxygen atoms in total. The van der Waals surface area contributed by atoms with Crippen LogP contribution in [0.5, 0.6) is 0 Å². The summed E-state index contributed by atoms with van der Waals surface area (Å²) in [7, 11) is 0. The van der Waals surface area contributed by atoms with Gasteiger partial charge in [-0.15, -0.1) is 0 Å². The third-order valence-corrected chi connectivity index (χ3v) is 3.59. The van der Waals surface area contributed by atoms with E-state index in [1.165, 1.54) is 30.4 Å². The second-order valence-electron chi connectivity index (χ2n) is 5.54. The molecule has 0 fully saturated rings. The molecule has 0 bridgehead atoms. The van der Waals surface area contributed by atoms with Gasteiger partial charge < -0.3 is 0 Å². The Kier molecular flexibility index (Phi) is 7.19. The standard InChI is InChI=1S/C17H26S/c1-14(2)8-7-9-15(3)12-17(18)13-16-10-5-4-6-11-16/h4-6,8,10-11,15,17-18H,7,9,12-13H2,1-3H3. The second kappa shape index (κ2) is 8.42. The molecule has 0 saturated heterocycles. The van der Waals surface area contributed by atoms with Crippen molar-refractivity contribution >= 4 is 12.6 Å². The zero-order valence-electron chi connectivity index (χ0n) is 11.9. The van der Waals surface area contributed by atoms with Gasteiger partial charge in [-0.2, -0.15) is 12.6 Å². The molecule has 1 rings (SSSR count). The van der Waals surface area contributed by atoms with Gasteiger partial charge in [0, 0.05) is 5.25 Å². The van der Waals surface area contributed by atoms with Gasteiger partial charge in [-0.05, 0) is 51.0 Å². The monoisotopic (exact) mass is 262 g/mol. The van der Waals surface area contributed by atoms with Crippen LogP contribution in [-0.2, 0) is 6.42 Å². The Balaban J connectivity index is 2.27. The van der Waals surface area contributed by atoms with Crippen molar-refractivity contribution in [2.75, 3.05) is 0 Å². The lowest BCUT2D eigenvalue weighted by atomic mass is 9.96. The summed E-state index contributed by atoms with van der Waals surface area (Å²) < 4.78 is 0. The number of thiol groups is 1. The van der Waals surface area contributed by atoms with Crippen LogP contribution in [0.25, 0.3) is 0 Å². The van der Waals surface area contributed by atoms with Gasteiger partial charge in [0.15, 0.2) is 0 Å². The quantitative estimate of drug-likeness (QED) is 0.500. The van der Waals surface area contributed by atoms with Gasteiger partial charge in [-0.1, -0.05) is 48.9 Å². The van der Waals surface area contributed by atoms with Crippen molar-refractivity contribution in [2.45, 2.75) is 51.7 Å². The first-order valence-corrected chi connectivity index (χ1v) is 7.45. The molecule has 0 aliphatic carbocycles. The molecule has 100 valence electrons. The Morgan fingerprint density at radius 2 is 1.89 bits per heavy atom. The maximum absolute atomic E-state index is 4.73. The van der Waals surface area contributed by atoms with Gasteiger partial charge in [-0.3, -0.25) is 0 Å². The molecule has 18 heavy (non-hydrogen) atoms. The molecule has 1 aromatic carbocycles. The Hall–Kier alpha value is -0.690. The van der Waals surface area contributed by atoms with Gasteiger partial charge in [0.2, 0.25) is 0 Å². The summed E-state index contributed by atoms with van der Waals surface area (Å²) >= 11 is 4.73. The van der Waals surface area contributed by atoms with Crippen molar-refractivity contribution in [2.24, 2.45) is 5.92 Å². The van der Waals surface area contributed by atoms with E-state index in [0.29, 0.717) is 5.25 Å². The highest BCUT2D eigenvalue weighted by Crippen LogP contribution is 2.20. The van der Waals surface area contributed by atoms with Crippen molar-refractivity contribution in [3.8, 4) is 0 Å². The molecule has 0 heterocycles. The fourth-order valence-electron chi connectivity index (χ4n) is 2.21. The lowest BCUT2D eigenvalue weighted by molar-refractivity contribution is 0.487. The van der Waals surface area contributed by atoms with Crippen molar-refractivity contribution in [3.63, 3.8) is 0 Å². The van der Waals surface area contributed by atoms with Crippen LogP contribution < -0.4 is 0 Å². The topological polar surface area (TPSA) is 0 Å². The maximum Gasteiger partial charge on any atom is 0.00597 e. The SMILES string of the molecule is CC(C)=CCCC(C)CC(S)Cc1ccccc1. The molecule has 0 amide bonds. The molecule has 1 heteroatoms. The van der Waals surface area contributed by atoms with E-state index in [0.717, 1.165) is 12.3 Å². The minimum absolute atomic E-state index is 0.481. The van der Waals surface area contributed by atoms with E-state index in [1.807, 2.05) is 0 Å². The first kappa shape index (κ1) is 15.4. The molecule has 0 radical (unpaired) electrons. The summed E-state index contributed by atoms with van der Waals surface area (Å²) in [6.07, 6.45) is 7.10. The molecule has 0 aromatic heterocycles. The van der Waals surface area contributed by atoms with Crippen LogP contribution in [0.4, 0.5) is 0 Å². The molecule has 0 spiro atoms. The fourth-order valence-corrected chi connectivity index (χ4v) is 2.78. The Labute approximate surface area is 118 Å². The third kappa shape index (κ3) is 6.90. The molecule has 0 N–H and O–H groups in total. The van der Waals surface area contributed by atoms with Crippen molar-refractivity contribution in [1.29, 1.82) is 0 Å². The zero-order chi connectivity index (χ0) is 13.4. The first-order chi connectivity index (χ1) is 8.58. The fraction of sp³-hybridized carbons (Fsp3) is 0.529. The van der Waals surface area contributed by atoms with Crippen molar-refractivity contribution < 1.29 is 0 Å². The van der Waals surface area contributed by atoms with Crippen LogP contribution in [0.15, 0.2) is 42.0 Å². The van der Waals surface area contributed by atoms with Crippen LogP contribution in [0.1, 0.15) is 45.6 Å².